The summed E-state index contributed by atoms with van der Waals surface area (Å²) in [6, 6.07) is 28.1. The summed E-state index contributed by atoms with van der Waals surface area (Å²) in [7, 11) is 0. The number of unbranched alkanes of at least 4 members (excludes halogenated alkanes) is 19. The van der Waals surface area contributed by atoms with Crippen LogP contribution in [0.5, 0.6) is 0 Å². The molecule has 2 nitrogen and oxygen atoms in total. The second-order valence-corrected chi connectivity index (χ2v) is 16.1. The zero-order chi connectivity index (χ0) is 37.2. The number of aryl methyl sites for hydroxylation is 3. The molecule has 1 heterocycles. The van der Waals surface area contributed by atoms with E-state index in [1.165, 1.54) is 188 Å². The summed E-state index contributed by atoms with van der Waals surface area (Å²) < 4.78 is 0. The molecule has 0 amide bonds. The molecular formula is C51H76N2. The molecule has 0 spiro atoms. The quantitative estimate of drug-likeness (QED) is 0.0653. The molecular weight excluding hydrogens is 641 g/mol. The molecule has 0 saturated carbocycles. The van der Waals surface area contributed by atoms with Gasteiger partial charge in [0, 0.05) is 6.42 Å². The van der Waals surface area contributed by atoms with Gasteiger partial charge in [0.05, 0.1) is 17.4 Å². The second-order valence-electron chi connectivity index (χ2n) is 16.1. The molecule has 0 bridgehead atoms. The van der Waals surface area contributed by atoms with Crippen LogP contribution in [0.15, 0.2) is 84.0 Å². The maximum absolute atomic E-state index is 5.22. The molecule has 1 atom stereocenters. The van der Waals surface area contributed by atoms with Gasteiger partial charge in [-0.1, -0.05) is 210 Å². The third-order valence-electron chi connectivity index (χ3n) is 11.4. The standard InChI is InChI=1S/C51H76N2/c1-4-7-10-12-14-16-18-20-22-24-27-45-29-31-47(32-30-45)35-40-49-43-51(53(52-49)50-41-36-44(37-42-50)26-9-6-3)48-38-33-46(34-39-48)28-25-23-21-19-17-15-13-11-8-5-2/h29-42,51H,4-28,43H2,1-3H3. The minimum absolute atomic E-state index is 0.214. The van der Waals surface area contributed by atoms with Gasteiger partial charge in [-0.3, -0.25) is 5.01 Å². The van der Waals surface area contributed by atoms with Crippen molar-refractivity contribution in [3.05, 3.63) is 107 Å². The highest BCUT2D eigenvalue weighted by Crippen LogP contribution is 2.36. The van der Waals surface area contributed by atoms with Gasteiger partial charge in [0.1, 0.15) is 0 Å². The van der Waals surface area contributed by atoms with Gasteiger partial charge >= 0.3 is 0 Å². The van der Waals surface area contributed by atoms with Gasteiger partial charge in [-0.05, 0) is 84.6 Å². The van der Waals surface area contributed by atoms with Gasteiger partial charge in [0.2, 0.25) is 0 Å². The SMILES string of the molecule is CCCCCCCCCCCCc1ccc(C=CC2=NN(c3ccc(CCCC)cc3)C(c3ccc(CCCCCCCCCCCC)cc3)C2)cc1. The van der Waals surface area contributed by atoms with Crippen LogP contribution in [0.2, 0.25) is 0 Å². The largest absolute Gasteiger partial charge is 0.257 e. The fourth-order valence-electron chi connectivity index (χ4n) is 7.86. The molecule has 3 aromatic rings. The lowest BCUT2D eigenvalue weighted by molar-refractivity contribution is 0.556. The maximum Gasteiger partial charge on any atom is 0.0831 e. The van der Waals surface area contributed by atoms with E-state index in [0.29, 0.717) is 0 Å². The monoisotopic (exact) mass is 717 g/mol. The van der Waals surface area contributed by atoms with E-state index in [4.69, 9.17) is 5.10 Å². The molecule has 1 unspecified atom stereocenters. The summed E-state index contributed by atoms with van der Waals surface area (Å²) in [5.74, 6) is 0. The fraction of sp³-hybridized carbons (Fsp3) is 0.588. The molecule has 53 heavy (non-hydrogen) atoms. The summed E-state index contributed by atoms with van der Waals surface area (Å²) in [6.07, 6.45) is 39.2. The smallest absolute Gasteiger partial charge is 0.0831 e. The summed E-state index contributed by atoms with van der Waals surface area (Å²) in [4.78, 5) is 0. The summed E-state index contributed by atoms with van der Waals surface area (Å²) in [5, 5.41) is 7.50. The highest BCUT2D eigenvalue weighted by Gasteiger charge is 2.28. The third kappa shape index (κ3) is 16.8. The second kappa shape index (κ2) is 26.6. The molecule has 290 valence electrons. The molecule has 2 heteroatoms. The lowest BCUT2D eigenvalue weighted by Gasteiger charge is -2.24. The average Bonchev–Trinajstić information content (AvgIpc) is 3.63. The number of hydrogen-bond donors (Lipinski definition) is 0. The van der Waals surface area contributed by atoms with Gasteiger partial charge in [0.15, 0.2) is 0 Å². The van der Waals surface area contributed by atoms with E-state index in [9.17, 15) is 0 Å². The van der Waals surface area contributed by atoms with Crippen molar-refractivity contribution in [1.82, 2.24) is 0 Å². The third-order valence-corrected chi connectivity index (χ3v) is 11.4. The molecule has 0 N–H and O–H groups in total. The molecule has 0 aliphatic carbocycles. The predicted molar refractivity (Wildman–Crippen MR) is 235 cm³/mol. The van der Waals surface area contributed by atoms with Gasteiger partial charge < -0.3 is 0 Å². The zero-order valence-corrected chi connectivity index (χ0v) is 34.4. The van der Waals surface area contributed by atoms with Crippen LogP contribution in [0.1, 0.15) is 202 Å². The Balaban J connectivity index is 1.27. The number of nitrogens with zero attached hydrogens (tertiary/aromatic N) is 2. The van der Waals surface area contributed by atoms with Crippen LogP contribution in [-0.4, -0.2) is 5.71 Å². The molecule has 1 aliphatic rings. The Morgan fingerprint density at radius 2 is 0.849 bits per heavy atom. The van der Waals surface area contributed by atoms with Crippen molar-refractivity contribution in [2.45, 2.75) is 194 Å². The molecule has 1 aliphatic heterocycles. The van der Waals surface area contributed by atoms with E-state index >= 15 is 0 Å². The Hall–Kier alpha value is -3.13. The zero-order valence-electron chi connectivity index (χ0n) is 34.4. The maximum atomic E-state index is 5.22. The van der Waals surface area contributed by atoms with Gasteiger partial charge in [-0.25, -0.2) is 0 Å². The number of allylic oxidation sites excluding steroid dienone is 1. The number of anilines is 1. The first-order valence-electron chi connectivity index (χ1n) is 22.5. The Bertz CT molecular complexity index is 1400. The van der Waals surface area contributed by atoms with E-state index in [1.807, 2.05) is 0 Å². The van der Waals surface area contributed by atoms with Gasteiger partial charge in [0.25, 0.3) is 0 Å². The van der Waals surface area contributed by atoms with Crippen molar-refractivity contribution in [1.29, 1.82) is 0 Å². The number of hydrogen-bond acceptors (Lipinski definition) is 2. The fourth-order valence-corrected chi connectivity index (χ4v) is 7.86. The van der Waals surface area contributed by atoms with E-state index < -0.39 is 0 Å². The Morgan fingerprint density at radius 1 is 0.453 bits per heavy atom. The lowest BCUT2D eigenvalue weighted by atomic mass is 9.97. The predicted octanol–water partition coefficient (Wildman–Crippen LogP) is 16.0. The van der Waals surface area contributed by atoms with Crippen molar-refractivity contribution in [3.63, 3.8) is 0 Å². The van der Waals surface area contributed by atoms with Gasteiger partial charge in [-0.15, -0.1) is 0 Å². The topological polar surface area (TPSA) is 15.6 Å². The average molecular weight is 717 g/mol. The molecule has 0 saturated heterocycles. The van der Waals surface area contributed by atoms with Crippen molar-refractivity contribution in [3.8, 4) is 0 Å². The van der Waals surface area contributed by atoms with E-state index in [0.717, 1.165) is 18.6 Å². The normalized spacial score (nSPS) is 14.4. The van der Waals surface area contributed by atoms with E-state index in [2.05, 4.69) is 111 Å². The first-order valence-corrected chi connectivity index (χ1v) is 22.5. The highest BCUT2D eigenvalue weighted by atomic mass is 15.5. The van der Waals surface area contributed by atoms with Crippen molar-refractivity contribution in [2.24, 2.45) is 5.10 Å². The van der Waals surface area contributed by atoms with E-state index in [1.54, 1.807) is 0 Å². The molecule has 3 aromatic carbocycles. The first-order chi connectivity index (χ1) is 26.2. The minimum atomic E-state index is 0.214. The summed E-state index contributed by atoms with van der Waals surface area (Å²) >= 11 is 0. The van der Waals surface area contributed by atoms with Crippen LogP contribution in [-0.2, 0) is 19.3 Å². The Kier molecular flexibility index (Phi) is 21.4. The van der Waals surface area contributed by atoms with Crippen LogP contribution >= 0.6 is 0 Å². The van der Waals surface area contributed by atoms with Crippen LogP contribution in [0, 0.1) is 0 Å². The Labute approximate surface area is 327 Å². The molecule has 4 rings (SSSR count). The first kappa shape index (κ1) is 42.6. The van der Waals surface area contributed by atoms with Crippen LogP contribution in [0.4, 0.5) is 5.69 Å². The minimum Gasteiger partial charge on any atom is -0.257 e. The summed E-state index contributed by atoms with van der Waals surface area (Å²) in [5.41, 5.74) is 9.30. The Morgan fingerprint density at radius 3 is 1.32 bits per heavy atom. The van der Waals surface area contributed by atoms with Crippen LogP contribution < -0.4 is 5.01 Å². The number of rotatable bonds is 29. The van der Waals surface area contributed by atoms with Crippen LogP contribution in [0.25, 0.3) is 6.08 Å². The highest BCUT2D eigenvalue weighted by molar-refractivity contribution is 6.01. The number of hydrazone groups is 1. The molecule has 0 radical (unpaired) electrons. The summed E-state index contributed by atoms with van der Waals surface area (Å²) in [6.45, 7) is 6.86. The van der Waals surface area contributed by atoms with Crippen LogP contribution in [0.3, 0.4) is 0 Å². The molecule has 0 aromatic heterocycles. The van der Waals surface area contributed by atoms with E-state index in [-0.39, 0.29) is 6.04 Å². The van der Waals surface area contributed by atoms with Crippen molar-refractivity contribution >= 4 is 17.5 Å². The van der Waals surface area contributed by atoms with Crippen molar-refractivity contribution in [2.75, 3.05) is 5.01 Å². The number of benzene rings is 3. The lowest BCUT2D eigenvalue weighted by Crippen LogP contribution is -2.18. The molecule has 0 fully saturated rings. The van der Waals surface area contributed by atoms with Crippen molar-refractivity contribution < 1.29 is 0 Å². The van der Waals surface area contributed by atoms with Gasteiger partial charge in [-0.2, -0.15) is 5.10 Å².